The van der Waals surface area contributed by atoms with Crippen LogP contribution < -0.4 is 10.6 Å². The average Bonchev–Trinajstić information content (AvgIpc) is 3.46. The minimum absolute atomic E-state index is 0. The number of ketones is 1. The van der Waals surface area contributed by atoms with E-state index in [-0.39, 0.29) is 31.3 Å². The molecule has 1 aliphatic carbocycles. The summed E-state index contributed by atoms with van der Waals surface area (Å²) in [6.45, 7) is 15.8. The number of hydrogen-bond donors (Lipinski definition) is 2. The third-order valence-corrected chi connectivity index (χ3v) is 8.31. The maximum Gasteiger partial charge on any atom is 0.410 e. The van der Waals surface area contributed by atoms with Gasteiger partial charge in [-0.2, -0.15) is 0 Å². The summed E-state index contributed by atoms with van der Waals surface area (Å²) in [6.07, 6.45) is 2.37. The molecule has 1 aromatic rings. The van der Waals surface area contributed by atoms with Crippen molar-refractivity contribution in [2.24, 2.45) is 0 Å². The van der Waals surface area contributed by atoms with Crippen LogP contribution in [0.4, 0.5) is 9.59 Å². The van der Waals surface area contributed by atoms with Crippen molar-refractivity contribution in [1.29, 1.82) is 0 Å². The van der Waals surface area contributed by atoms with Crippen molar-refractivity contribution in [2.75, 3.05) is 45.8 Å². The molecule has 0 radical (unpaired) electrons. The molecule has 2 unspecified atom stereocenters. The average molecular weight is 616 g/mol. The van der Waals surface area contributed by atoms with E-state index in [0.717, 1.165) is 19.4 Å². The normalized spacial score (nSPS) is 25.7. The Balaban J connectivity index is 0.000000247. The van der Waals surface area contributed by atoms with Crippen LogP contribution in [0, 0.1) is 0 Å². The molecule has 11 nitrogen and oxygen atoms in total. The molecular weight excluding hydrogens is 562 g/mol. The number of ether oxygens (including phenoxy) is 2. The van der Waals surface area contributed by atoms with E-state index in [9.17, 15) is 19.2 Å². The maximum absolute atomic E-state index is 12.8. The van der Waals surface area contributed by atoms with Gasteiger partial charge in [-0.25, -0.2) is 9.59 Å². The fourth-order valence-corrected chi connectivity index (χ4v) is 6.25. The van der Waals surface area contributed by atoms with E-state index in [2.05, 4.69) is 27.7 Å². The first-order chi connectivity index (χ1) is 20.1. The van der Waals surface area contributed by atoms with Gasteiger partial charge in [-0.3, -0.25) is 14.5 Å². The fourth-order valence-electron chi connectivity index (χ4n) is 6.25. The lowest BCUT2D eigenvalue weighted by Gasteiger charge is -2.48. The van der Waals surface area contributed by atoms with Gasteiger partial charge in [0, 0.05) is 52.2 Å². The first kappa shape index (κ1) is 35.3. The Hall–Kier alpha value is -3.18. The third kappa shape index (κ3) is 8.50. The monoisotopic (exact) mass is 615 g/mol. The van der Waals surface area contributed by atoms with Gasteiger partial charge in [-0.15, -0.1) is 0 Å². The lowest BCUT2D eigenvalue weighted by molar-refractivity contribution is -0.132. The summed E-state index contributed by atoms with van der Waals surface area (Å²) in [4.78, 5) is 54.8. The second-order valence-corrected chi connectivity index (χ2v) is 14.0. The number of Topliss-reactive ketones (excluding diaryl/α,β-unsaturated/α-hetero) is 1. The highest BCUT2D eigenvalue weighted by Crippen LogP contribution is 2.37. The quantitative estimate of drug-likeness (QED) is 0.513. The number of nitrogens with one attached hydrogen (secondary N) is 2. The molecule has 3 saturated heterocycles. The SMILES string of the molecule is C.CC(C)(C)OC(=O)N1CCN(Cc2ccccc2)C2(CCCC2=O)C1.CC(C)(C)OC(=O)N1CCNC2(CCNC2=O)C1. The van der Waals surface area contributed by atoms with Gasteiger partial charge >= 0.3 is 12.2 Å². The van der Waals surface area contributed by atoms with Crippen LogP contribution in [0.5, 0.6) is 0 Å². The van der Waals surface area contributed by atoms with Crippen molar-refractivity contribution in [3.05, 3.63) is 35.9 Å². The molecule has 3 heterocycles. The van der Waals surface area contributed by atoms with Crippen LogP contribution in [0.1, 0.15) is 80.2 Å². The number of rotatable bonds is 2. The maximum atomic E-state index is 12.8. The summed E-state index contributed by atoms with van der Waals surface area (Å²) in [6, 6.07) is 10.2. The Morgan fingerprint density at radius 1 is 0.841 bits per heavy atom. The zero-order chi connectivity index (χ0) is 31.5. The molecule has 4 aliphatic rings. The lowest BCUT2D eigenvalue weighted by Crippen LogP contribution is -2.65. The van der Waals surface area contributed by atoms with Crippen molar-refractivity contribution < 1.29 is 28.7 Å². The van der Waals surface area contributed by atoms with Gasteiger partial charge < -0.3 is 29.9 Å². The van der Waals surface area contributed by atoms with Crippen LogP contribution in [0.2, 0.25) is 0 Å². The highest BCUT2D eigenvalue weighted by molar-refractivity contribution is 5.91. The Morgan fingerprint density at radius 2 is 1.45 bits per heavy atom. The Morgan fingerprint density at radius 3 is 1.98 bits per heavy atom. The summed E-state index contributed by atoms with van der Waals surface area (Å²) < 4.78 is 10.9. The molecule has 5 rings (SSSR count). The Kier molecular flexibility index (Phi) is 11.1. The largest absolute Gasteiger partial charge is 0.444 e. The topological polar surface area (TPSA) is 121 Å². The summed E-state index contributed by atoms with van der Waals surface area (Å²) in [7, 11) is 0. The van der Waals surface area contributed by atoms with E-state index < -0.39 is 22.3 Å². The molecular formula is C33H53N5O6. The van der Waals surface area contributed by atoms with Crippen molar-refractivity contribution in [3.63, 3.8) is 0 Å². The van der Waals surface area contributed by atoms with Gasteiger partial charge in [0.25, 0.3) is 0 Å². The molecule has 2 spiro atoms. The van der Waals surface area contributed by atoms with Crippen LogP contribution in [0.25, 0.3) is 0 Å². The van der Waals surface area contributed by atoms with E-state index >= 15 is 0 Å². The van der Waals surface area contributed by atoms with Crippen molar-refractivity contribution in [2.45, 2.75) is 103 Å². The molecule has 3 amide bonds. The number of nitrogens with zero attached hydrogens (tertiary/aromatic N) is 3. The first-order valence-corrected chi connectivity index (χ1v) is 15.4. The van der Waals surface area contributed by atoms with Gasteiger partial charge in [0.1, 0.15) is 16.7 Å². The molecule has 2 atom stereocenters. The van der Waals surface area contributed by atoms with Gasteiger partial charge in [0.05, 0.1) is 12.1 Å². The standard InChI is InChI=1S/C20H28N2O3.C12H21N3O3.CH4/c1-19(2,3)25-18(24)21-12-13-22(14-16-8-5-4-6-9-16)20(15-21)11-7-10-17(20)23;1-11(2,3)18-10(17)15-7-6-14-12(8-15)4-5-13-9(12)16;/h4-6,8-9H,7,10-15H2,1-3H3;14H,4-8H2,1-3H3,(H,13,16);1H4. The van der Waals surface area contributed by atoms with Crippen LogP contribution in [0.15, 0.2) is 30.3 Å². The summed E-state index contributed by atoms with van der Waals surface area (Å²) in [5, 5.41) is 6.04. The number of hydrogen-bond acceptors (Lipinski definition) is 8. The summed E-state index contributed by atoms with van der Waals surface area (Å²) in [5.74, 6) is 0.243. The fraction of sp³-hybridized carbons (Fsp3) is 0.697. The lowest BCUT2D eigenvalue weighted by atomic mass is 9.90. The molecule has 4 fully saturated rings. The Labute approximate surface area is 263 Å². The zero-order valence-corrected chi connectivity index (χ0v) is 26.7. The van der Waals surface area contributed by atoms with Crippen molar-refractivity contribution in [1.82, 2.24) is 25.3 Å². The second-order valence-electron chi connectivity index (χ2n) is 14.0. The van der Waals surface area contributed by atoms with Crippen LogP contribution in [-0.4, -0.2) is 107 Å². The molecule has 11 heteroatoms. The smallest absolute Gasteiger partial charge is 0.410 e. The molecule has 0 aromatic heterocycles. The van der Waals surface area contributed by atoms with E-state index in [1.807, 2.05) is 59.7 Å². The van der Waals surface area contributed by atoms with E-state index in [4.69, 9.17) is 9.47 Å². The zero-order valence-electron chi connectivity index (χ0n) is 26.7. The minimum Gasteiger partial charge on any atom is -0.444 e. The molecule has 0 bridgehead atoms. The number of carbonyl (C=O) groups excluding carboxylic acids is 4. The van der Waals surface area contributed by atoms with Crippen molar-refractivity contribution >= 4 is 23.9 Å². The van der Waals surface area contributed by atoms with Crippen LogP contribution >= 0.6 is 0 Å². The van der Waals surface area contributed by atoms with Crippen molar-refractivity contribution in [3.8, 4) is 0 Å². The van der Waals surface area contributed by atoms with E-state index in [0.29, 0.717) is 58.7 Å². The number of benzene rings is 1. The van der Waals surface area contributed by atoms with Crippen LogP contribution in [0.3, 0.4) is 0 Å². The number of carbonyl (C=O) groups is 4. The second kappa shape index (κ2) is 13.9. The van der Waals surface area contributed by atoms with Gasteiger partial charge in [0.2, 0.25) is 5.91 Å². The summed E-state index contributed by atoms with van der Waals surface area (Å²) >= 11 is 0. The number of piperazine rings is 2. The molecule has 246 valence electrons. The molecule has 3 aliphatic heterocycles. The van der Waals surface area contributed by atoms with Gasteiger partial charge in [-0.1, -0.05) is 37.8 Å². The van der Waals surface area contributed by atoms with Crippen LogP contribution in [-0.2, 0) is 25.6 Å². The predicted molar refractivity (Wildman–Crippen MR) is 169 cm³/mol. The Bertz CT molecular complexity index is 1180. The van der Waals surface area contributed by atoms with Gasteiger partial charge in [-0.05, 0) is 66.4 Å². The predicted octanol–water partition coefficient (Wildman–Crippen LogP) is 3.95. The highest BCUT2D eigenvalue weighted by Gasteiger charge is 2.51. The minimum atomic E-state index is -0.616. The molecule has 44 heavy (non-hydrogen) atoms. The highest BCUT2D eigenvalue weighted by atomic mass is 16.6. The third-order valence-electron chi connectivity index (χ3n) is 8.31. The first-order valence-electron chi connectivity index (χ1n) is 15.4. The van der Waals surface area contributed by atoms with E-state index in [1.165, 1.54) is 5.56 Å². The molecule has 2 N–H and O–H groups in total. The number of amides is 3. The summed E-state index contributed by atoms with van der Waals surface area (Å²) in [5.41, 5.74) is -0.995. The molecule has 1 saturated carbocycles. The van der Waals surface area contributed by atoms with Gasteiger partial charge in [0.15, 0.2) is 5.78 Å². The van der Waals surface area contributed by atoms with E-state index in [1.54, 1.807) is 9.80 Å². The molecule has 1 aromatic carbocycles.